The number of amides is 2. The highest BCUT2D eigenvalue weighted by molar-refractivity contribution is 6.30. The van der Waals surface area contributed by atoms with Gasteiger partial charge in [0, 0.05) is 16.0 Å². The third-order valence-electron chi connectivity index (χ3n) is 4.83. The normalized spacial score (nSPS) is 11.9. The zero-order chi connectivity index (χ0) is 23.2. The Labute approximate surface area is 193 Å². The van der Waals surface area contributed by atoms with Gasteiger partial charge in [-0.3, -0.25) is 14.4 Å². The molecule has 0 radical (unpaired) electrons. The number of rotatable bonds is 6. The molecule has 1 aromatic heterocycles. The van der Waals surface area contributed by atoms with Crippen LogP contribution in [-0.2, 0) is 4.79 Å². The van der Waals surface area contributed by atoms with Crippen LogP contribution in [0.2, 0.25) is 5.02 Å². The van der Waals surface area contributed by atoms with Gasteiger partial charge in [-0.15, -0.1) is 0 Å². The second kappa shape index (κ2) is 9.88. The minimum Gasteiger partial charge on any atom is -0.335 e. The van der Waals surface area contributed by atoms with Crippen molar-refractivity contribution >= 4 is 40.4 Å². The van der Waals surface area contributed by atoms with Crippen LogP contribution in [0, 0.1) is 0 Å². The summed E-state index contributed by atoms with van der Waals surface area (Å²) in [7, 11) is 0. The van der Waals surface area contributed by atoms with Crippen LogP contribution >= 0.6 is 11.6 Å². The van der Waals surface area contributed by atoms with Gasteiger partial charge in [-0.1, -0.05) is 60.1 Å². The molecule has 0 spiro atoms. The number of hydrogen-bond acceptors (Lipinski definition) is 5. The van der Waals surface area contributed by atoms with E-state index in [4.69, 9.17) is 11.6 Å². The summed E-state index contributed by atoms with van der Waals surface area (Å²) >= 11 is 5.88. The Bertz CT molecular complexity index is 1380. The summed E-state index contributed by atoms with van der Waals surface area (Å²) in [6.07, 6.45) is 1.45. The second-order valence-electron chi connectivity index (χ2n) is 7.04. The van der Waals surface area contributed by atoms with Crippen LogP contribution < -0.4 is 16.3 Å². The number of benzene rings is 3. The molecular weight excluding hydrogens is 442 g/mol. The van der Waals surface area contributed by atoms with Crippen molar-refractivity contribution < 1.29 is 9.59 Å². The number of aromatic nitrogens is 2. The highest BCUT2D eigenvalue weighted by Crippen LogP contribution is 2.20. The number of halogens is 1. The summed E-state index contributed by atoms with van der Waals surface area (Å²) in [5.41, 5.74) is 3.31. The SMILES string of the molecule is O=C(NC(C(=O)NN=Cc1ccc(Cl)cc1)c1n[nH]c(=O)c2ccccc12)c1ccccc1. The molecular formula is C24H18ClN5O3. The molecule has 0 saturated heterocycles. The molecule has 0 aliphatic rings. The van der Waals surface area contributed by atoms with E-state index in [2.05, 4.69) is 26.0 Å². The number of nitrogens with one attached hydrogen (secondary N) is 3. The molecule has 164 valence electrons. The van der Waals surface area contributed by atoms with Gasteiger partial charge in [-0.05, 0) is 35.9 Å². The molecule has 3 aromatic carbocycles. The van der Waals surface area contributed by atoms with Gasteiger partial charge >= 0.3 is 0 Å². The largest absolute Gasteiger partial charge is 0.335 e. The first kappa shape index (κ1) is 21.9. The van der Waals surface area contributed by atoms with Gasteiger partial charge in [-0.2, -0.15) is 10.2 Å². The molecule has 0 aliphatic carbocycles. The summed E-state index contributed by atoms with van der Waals surface area (Å²) in [5.74, 6) is -1.11. The lowest BCUT2D eigenvalue weighted by molar-refractivity contribution is -0.123. The lowest BCUT2D eigenvalue weighted by Crippen LogP contribution is -2.40. The van der Waals surface area contributed by atoms with Crippen LogP contribution in [0.1, 0.15) is 27.7 Å². The number of hydrazone groups is 1. The first-order valence-electron chi connectivity index (χ1n) is 9.94. The lowest BCUT2D eigenvalue weighted by atomic mass is 10.0. The van der Waals surface area contributed by atoms with E-state index in [9.17, 15) is 14.4 Å². The Kier molecular flexibility index (Phi) is 6.56. The molecule has 0 aliphatic heterocycles. The fourth-order valence-electron chi connectivity index (χ4n) is 3.20. The molecule has 8 nitrogen and oxygen atoms in total. The molecule has 33 heavy (non-hydrogen) atoms. The average Bonchev–Trinajstić information content (AvgIpc) is 2.85. The number of H-pyrrole nitrogens is 1. The number of fused-ring (bicyclic) bond motifs is 1. The first-order valence-corrected chi connectivity index (χ1v) is 10.3. The van der Waals surface area contributed by atoms with E-state index in [0.717, 1.165) is 5.56 Å². The van der Waals surface area contributed by atoms with Crippen molar-refractivity contribution in [2.45, 2.75) is 6.04 Å². The number of nitrogens with zero attached hydrogens (tertiary/aromatic N) is 2. The topological polar surface area (TPSA) is 116 Å². The first-order chi connectivity index (χ1) is 16.0. The van der Waals surface area contributed by atoms with E-state index >= 15 is 0 Å². The molecule has 0 fully saturated rings. The van der Waals surface area contributed by atoms with E-state index in [1.54, 1.807) is 78.9 Å². The quantitative estimate of drug-likeness (QED) is 0.303. The summed E-state index contributed by atoms with van der Waals surface area (Å²) < 4.78 is 0. The van der Waals surface area contributed by atoms with E-state index in [-0.39, 0.29) is 5.69 Å². The van der Waals surface area contributed by atoms with Crippen molar-refractivity contribution in [1.82, 2.24) is 20.9 Å². The number of carbonyl (C=O) groups is 2. The lowest BCUT2D eigenvalue weighted by Gasteiger charge is -2.18. The molecule has 0 bridgehead atoms. The Morgan fingerprint density at radius 3 is 2.33 bits per heavy atom. The van der Waals surface area contributed by atoms with E-state index in [0.29, 0.717) is 21.4 Å². The molecule has 0 saturated carbocycles. The average molecular weight is 460 g/mol. The maximum atomic E-state index is 13.1. The highest BCUT2D eigenvalue weighted by Gasteiger charge is 2.27. The maximum Gasteiger partial charge on any atom is 0.272 e. The van der Waals surface area contributed by atoms with Crippen molar-refractivity contribution in [1.29, 1.82) is 0 Å². The summed E-state index contributed by atoms with van der Waals surface area (Å²) in [5, 5.41) is 14.5. The van der Waals surface area contributed by atoms with Crippen LogP contribution in [-0.4, -0.2) is 28.2 Å². The molecule has 4 aromatic rings. The zero-order valence-corrected chi connectivity index (χ0v) is 17.9. The summed E-state index contributed by atoms with van der Waals surface area (Å²) in [4.78, 5) is 38.1. The van der Waals surface area contributed by atoms with Gasteiger partial charge in [0.1, 0.15) is 5.69 Å². The van der Waals surface area contributed by atoms with E-state index < -0.39 is 23.4 Å². The Balaban J connectivity index is 1.66. The van der Waals surface area contributed by atoms with Gasteiger partial charge in [0.15, 0.2) is 6.04 Å². The van der Waals surface area contributed by atoms with E-state index in [1.165, 1.54) is 6.21 Å². The third kappa shape index (κ3) is 5.13. The zero-order valence-electron chi connectivity index (χ0n) is 17.2. The fourth-order valence-corrected chi connectivity index (χ4v) is 3.33. The van der Waals surface area contributed by atoms with Crippen LogP contribution in [0.5, 0.6) is 0 Å². The van der Waals surface area contributed by atoms with Crippen molar-refractivity contribution in [3.05, 3.63) is 111 Å². The van der Waals surface area contributed by atoms with Gasteiger partial charge in [0.05, 0.1) is 11.6 Å². The smallest absolute Gasteiger partial charge is 0.272 e. The molecule has 1 unspecified atom stereocenters. The molecule has 3 N–H and O–H groups in total. The van der Waals surface area contributed by atoms with Gasteiger partial charge in [0.25, 0.3) is 17.4 Å². The monoisotopic (exact) mass is 459 g/mol. The van der Waals surface area contributed by atoms with Gasteiger partial charge in [-0.25, -0.2) is 10.5 Å². The predicted octanol–water partition coefficient (Wildman–Crippen LogP) is 3.20. The van der Waals surface area contributed by atoms with Crippen LogP contribution in [0.25, 0.3) is 10.8 Å². The van der Waals surface area contributed by atoms with Crippen molar-refractivity contribution in [3.63, 3.8) is 0 Å². The second-order valence-corrected chi connectivity index (χ2v) is 7.48. The molecule has 2 amide bonds. The summed E-state index contributed by atoms with van der Waals surface area (Å²) in [6.45, 7) is 0. The van der Waals surface area contributed by atoms with Crippen molar-refractivity contribution in [3.8, 4) is 0 Å². The molecule has 1 atom stereocenters. The highest BCUT2D eigenvalue weighted by atomic mass is 35.5. The maximum absolute atomic E-state index is 13.1. The predicted molar refractivity (Wildman–Crippen MR) is 126 cm³/mol. The Morgan fingerprint density at radius 1 is 0.939 bits per heavy atom. The summed E-state index contributed by atoms with van der Waals surface area (Å²) in [6, 6.07) is 20.8. The molecule has 4 rings (SSSR count). The standard InChI is InChI=1S/C24H18ClN5O3/c25-17-12-10-15(11-13-17)14-26-29-24(33)21(27-22(31)16-6-2-1-3-7-16)20-18-8-4-5-9-19(18)23(32)30-28-20/h1-14,21H,(H,27,31)(H,29,33)(H,30,32). The number of carbonyl (C=O) groups excluding carboxylic acids is 2. The molecule has 9 heteroatoms. The van der Waals surface area contributed by atoms with Crippen LogP contribution in [0.15, 0.2) is 88.8 Å². The number of aromatic amines is 1. The van der Waals surface area contributed by atoms with Crippen LogP contribution in [0.3, 0.4) is 0 Å². The molecule has 1 heterocycles. The number of hydrogen-bond donors (Lipinski definition) is 3. The fraction of sp³-hybridized carbons (Fsp3) is 0.0417. The van der Waals surface area contributed by atoms with Crippen LogP contribution in [0.4, 0.5) is 0 Å². The van der Waals surface area contributed by atoms with Crippen molar-refractivity contribution in [2.24, 2.45) is 5.10 Å². The van der Waals surface area contributed by atoms with E-state index in [1.807, 2.05) is 0 Å². The Morgan fingerprint density at radius 2 is 1.61 bits per heavy atom. The Hall–Kier alpha value is -4.30. The minimum atomic E-state index is -1.22. The minimum absolute atomic E-state index is 0.189. The van der Waals surface area contributed by atoms with Gasteiger partial charge < -0.3 is 5.32 Å². The van der Waals surface area contributed by atoms with Gasteiger partial charge in [0.2, 0.25) is 0 Å². The third-order valence-corrected chi connectivity index (χ3v) is 5.08. The van der Waals surface area contributed by atoms with Crippen molar-refractivity contribution in [2.75, 3.05) is 0 Å².